The molecule has 0 N–H and O–H groups in total. The summed E-state index contributed by atoms with van der Waals surface area (Å²) in [6.07, 6.45) is -3.45. The first-order valence-corrected chi connectivity index (χ1v) is 19.0. The van der Waals surface area contributed by atoms with Crippen molar-refractivity contribution in [2.24, 2.45) is 0 Å². The second-order valence-electron chi connectivity index (χ2n) is 10.1. The van der Waals surface area contributed by atoms with Gasteiger partial charge in [-0.25, -0.2) is 28.8 Å². The average Bonchev–Trinajstić information content (AvgIpc) is 3.20. The van der Waals surface area contributed by atoms with Gasteiger partial charge in [0.15, 0.2) is 18.9 Å². The third-order valence-electron chi connectivity index (χ3n) is 6.17. The van der Waals surface area contributed by atoms with Gasteiger partial charge in [-0.05, 0) is 13.8 Å². The van der Waals surface area contributed by atoms with Crippen LogP contribution in [0.3, 0.4) is 0 Å². The number of thioether (sulfide) groups is 2. The first-order chi connectivity index (χ1) is 26.1. The lowest BCUT2D eigenvalue weighted by Crippen LogP contribution is -2.43. The van der Waals surface area contributed by atoms with E-state index in [1.165, 1.54) is 26.4 Å². The highest BCUT2D eigenvalue weighted by molar-refractivity contribution is 7.99. The lowest BCUT2D eigenvalue weighted by atomic mass is 10.3. The van der Waals surface area contributed by atoms with Gasteiger partial charge in [-0.2, -0.15) is 23.5 Å². The number of carbonyl (C=O) groups is 6. The SMILES string of the molecule is C=CCOC(=O)C(OC1CSCCO1)C(=O)OCC=C.CCOC(=O)C(OC1COCCO1)C(=O)OCC.COC(=O)C(OC1CSCCO1)C(=O)OC. The van der Waals surface area contributed by atoms with Gasteiger partial charge >= 0.3 is 35.8 Å². The monoisotopic (exact) mass is 814 g/mol. The second kappa shape index (κ2) is 30.0. The van der Waals surface area contributed by atoms with Crippen LogP contribution >= 0.6 is 23.5 Å². The Morgan fingerprint density at radius 3 is 1.31 bits per heavy atom. The third-order valence-corrected chi connectivity index (χ3v) is 8.09. The Bertz CT molecular complexity index is 1090. The largest absolute Gasteiger partial charge is 0.467 e. The smallest absolute Gasteiger partial charge is 0.347 e. The maximum absolute atomic E-state index is 11.8. The topological polar surface area (TPSA) is 222 Å². The van der Waals surface area contributed by atoms with E-state index in [0.29, 0.717) is 37.9 Å². The highest BCUT2D eigenvalue weighted by Gasteiger charge is 2.36. The molecule has 3 unspecified atom stereocenters. The molecule has 3 aliphatic rings. The fourth-order valence-corrected chi connectivity index (χ4v) is 5.29. The fraction of sp³-hybridized carbons (Fsp3) is 0.697. The Kier molecular flexibility index (Phi) is 27.1. The normalized spacial score (nSPS) is 19.4. The van der Waals surface area contributed by atoms with Crippen LogP contribution in [0.5, 0.6) is 0 Å². The van der Waals surface area contributed by atoms with Gasteiger partial charge in [0, 0.05) is 23.0 Å². The summed E-state index contributed by atoms with van der Waals surface area (Å²) in [5.74, 6) is -1.94. The number of hydrogen-bond donors (Lipinski definition) is 0. The number of rotatable bonds is 18. The summed E-state index contributed by atoms with van der Waals surface area (Å²) in [4.78, 5) is 69.3. The lowest BCUT2D eigenvalue weighted by molar-refractivity contribution is -0.237. The molecule has 0 radical (unpaired) electrons. The van der Waals surface area contributed by atoms with E-state index in [1.807, 2.05) is 0 Å². The zero-order valence-corrected chi connectivity index (χ0v) is 32.4. The molecule has 3 aliphatic heterocycles. The Labute approximate surface area is 322 Å². The predicted octanol–water partition coefficient (Wildman–Crippen LogP) is 0.597. The molecule has 308 valence electrons. The minimum atomic E-state index is -1.46. The summed E-state index contributed by atoms with van der Waals surface area (Å²) in [6, 6.07) is 0. The molecule has 0 aromatic rings. The third kappa shape index (κ3) is 19.9. The molecule has 0 bridgehead atoms. The molecule has 0 spiro atoms. The zero-order chi connectivity index (χ0) is 40.1. The summed E-state index contributed by atoms with van der Waals surface area (Å²) in [5, 5.41) is 0. The molecule has 0 aliphatic carbocycles. The molecule has 19 nitrogen and oxygen atoms in total. The van der Waals surface area contributed by atoms with Crippen molar-refractivity contribution in [1.29, 1.82) is 0 Å². The molecular formula is C33H50O19S2. The summed E-state index contributed by atoms with van der Waals surface area (Å²) in [6.45, 7) is 12.4. The molecule has 3 heterocycles. The van der Waals surface area contributed by atoms with E-state index in [9.17, 15) is 28.8 Å². The van der Waals surface area contributed by atoms with Crippen LogP contribution in [0, 0.1) is 0 Å². The molecule has 3 atom stereocenters. The fourth-order valence-electron chi connectivity index (χ4n) is 3.79. The number of methoxy groups -OCH3 is 2. The van der Waals surface area contributed by atoms with E-state index in [0.717, 1.165) is 11.5 Å². The van der Waals surface area contributed by atoms with Crippen molar-refractivity contribution in [1.82, 2.24) is 0 Å². The van der Waals surface area contributed by atoms with Gasteiger partial charge < -0.3 is 61.6 Å². The Hall–Kier alpha value is -3.28. The van der Waals surface area contributed by atoms with Crippen molar-refractivity contribution in [3.63, 3.8) is 0 Å². The van der Waals surface area contributed by atoms with E-state index >= 15 is 0 Å². The second-order valence-corrected chi connectivity index (χ2v) is 12.4. The van der Waals surface area contributed by atoms with Gasteiger partial charge in [-0.3, -0.25) is 0 Å². The molecule has 54 heavy (non-hydrogen) atoms. The summed E-state index contributed by atoms with van der Waals surface area (Å²) < 4.78 is 64.7. The molecule has 0 amide bonds. The molecule has 21 heteroatoms. The van der Waals surface area contributed by atoms with Crippen LogP contribution < -0.4 is 0 Å². The minimum absolute atomic E-state index is 0.00624. The molecule has 3 rings (SSSR count). The number of hydrogen-bond acceptors (Lipinski definition) is 21. The van der Waals surface area contributed by atoms with Crippen LogP contribution in [0.25, 0.3) is 0 Å². The standard InChI is InChI=1S/C13H18O6S.C11H18O7.C9H14O6S/c1-3-5-17-12(14)11(13(15)18-6-4-2)19-10-9-20-8-7-16-10;1-3-15-10(12)9(11(13)16-4-2)18-8-7-14-5-6-17-8;1-12-8(10)7(9(11)13-2)15-6-5-16-4-3-14-6/h3-4,10-11H,1-2,5-9H2;8-9H,3-7H2,1-2H3;6-7H,3-5H2,1-2H3. The molecule has 3 saturated heterocycles. The highest BCUT2D eigenvalue weighted by Crippen LogP contribution is 2.17. The Balaban J connectivity index is 0.000000408. The predicted molar refractivity (Wildman–Crippen MR) is 189 cm³/mol. The van der Waals surface area contributed by atoms with Crippen molar-refractivity contribution in [3.8, 4) is 0 Å². The number of esters is 6. The van der Waals surface area contributed by atoms with Gasteiger partial charge in [0.05, 0.1) is 60.5 Å². The van der Waals surface area contributed by atoms with Crippen molar-refractivity contribution in [2.45, 2.75) is 51.0 Å². The van der Waals surface area contributed by atoms with E-state index < -0.39 is 73.0 Å². The van der Waals surface area contributed by atoms with E-state index in [-0.39, 0.29) is 33.0 Å². The van der Waals surface area contributed by atoms with Gasteiger partial charge in [0.2, 0.25) is 0 Å². The Morgan fingerprint density at radius 1 is 0.593 bits per heavy atom. The first-order valence-electron chi connectivity index (χ1n) is 16.6. The van der Waals surface area contributed by atoms with E-state index in [2.05, 4.69) is 22.6 Å². The molecule has 0 aromatic heterocycles. The van der Waals surface area contributed by atoms with Crippen LogP contribution in [0.1, 0.15) is 13.8 Å². The minimum Gasteiger partial charge on any atom is -0.467 e. The molecule has 3 fully saturated rings. The first kappa shape index (κ1) is 48.7. The number of carbonyl (C=O) groups excluding carboxylic acids is 6. The van der Waals surface area contributed by atoms with Crippen molar-refractivity contribution < 1.29 is 90.3 Å². The molecule has 0 aromatic carbocycles. The van der Waals surface area contributed by atoms with Crippen LogP contribution in [0.4, 0.5) is 0 Å². The highest BCUT2D eigenvalue weighted by atomic mass is 32.2. The quantitative estimate of drug-likeness (QED) is 0.0800. The maximum Gasteiger partial charge on any atom is 0.347 e. The Morgan fingerprint density at radius 2 is 0.981 bits per heavy atom. The van der Waals surface area contributed by atoms with E-state index in [4.69, 9.17) is 52.1 Å². The van der Waals surface area contributed by atoms with E-state index in [1.54, 1.807) is 37.4 Å². The number of ether oxygens (including phenoxy) is 13. The van der Waals surface area contributed by atoms with Crippen LogP contribution in [-0.4, -0.2) is 170 Å². The summed E-state index contributed by atoms with van der Waals surface area (Å²) in [7, 11) is 2.36. The maximum atomic E-state index is 11.8. The van der Waals surface area contributed by atoms with Crippen molar-refractivity contribution in [2.75, 3.05) is 96.7 Å². The van der Waals surface area contributed by atoms with Gasteiger partial charge in [-0.15, -0.1) is 0 Å². The summed E-state index contributed by atoms with van der Waals surface area (Å²) >= 11 is 3.25. The van der Waals surface area contributed by atoms with Crippen LogP contribution in [0.15, 0.2) is 25.3 Å². The molecular weight excluding hydrogens is 764 g/mol. The summed E-state index contributed by atoms with van der Waals surface area (Å²) in [5.41, 5.74) is 0. The van der Waals surface area contributed by atoms with Crippen molar-refractivity contribution >= 4 is 59.3 Å². The van der Waals surface area contributed by atoms with Gasteiger partial charge in [-0.1, -0.05) is 25.3 Å². The lowest BCUT2D eigenvalue weighted by Gasteiger charge is -2.25. The zero-order valence-electron chi connectivity index (χ0n) is 30.8. The van der Waals surface area contributed by atoms with Crippen LogP contribution in [-0.2, 0) is 90.3 Å². The van der Waals surface area contributed by atoms with Crippen LogP contribution in [0.2, 0.25) is 0 Å². The average molecular weight is 815 g/mol. The van der Waals surface area contributed by atoms with Gasteiger partial charge in [0.1, 0.15) is 13.2 Å². The van der Waals surface area contributed by atoms with Gasteiger partial charge in [0.25, 0.3) is 18.3 Å². The van der Waals surface area contributed by atoms with Crippen molar-refractivity contribution in [3.05, 3.63) is 25.3 Å². The molecule has 0 saturated carbocycles.